The second-order valence-electron chi connectivity index (χ2n) is 16.3. The molecule has 3 aromatic rings. The summed E-state index contributed by atoms with van der Waals surface area (Å²) in [6.45, 7) is 9.82. The van der Waals surface area contributed by atoms with Crippen molar-refractivity contribution in [1.82, 2.24) is 15.1 Å². The van der Waals surface area contributed by atoms with Gasteiger partial charge in [0.2, 0.25) is 5.91 Å². The van der Waals surface area contributed by atoms with Gasteiger partial charge in [0.25, 0.3) is 0 Å². The standard InChI is InChI=1S/C45H57N3O10/c1-44(2,3)57-39(50)25-24-37(41(52)55-30-33-18-12-8-13-19-33)47(27-26-36(49)23-22-32-16-10-7-11-17-32)40(51)38-28-35(46-42(53)58-45(4,5)6)29-48(38)43(54)56-31-34-20-14-9-15-21-34/h7-21,35,37-38H,22-31H2,1-6H3,(H,46,53)/t35-,37-,38+/m1/s1. The second-order valence-corrected chi connectivity index (χ2v) is 16.3. The van der Waals surface area contributed by atoms with Crippen LogP contribution in [0, 0.1) is 0 Å². The monoisotopic (exact) mass is 799 g/mol. The number of likely N-dealkylation sites (tertiary alicyclic amines) is 1. The molecule has 1 heterocycles. The van der Waals surface area contributed by atoms with Crippen LogP contribution in [-0.2, 0) is 57.8 Å². The summed E-state index contributed by atoms with van der Waals surface area (Å²) < 4.78 is 22.4. The van der Waals surface area contributed by atoms with E-state index in [0.717, 1.165) is 11.1 Å². The third-order valence-electron chi connectivity index (χ3n) is 9.11. The van der Waals surface area contributed by atoms with Crippen molar-refractivity contribution in [3.8, 4) is 0 Å². The smallest absolute Gasteiger partial charge is 0.410 e. The molecule has 1 aliphatic rings. The van der Waals surface area contributed by atoms with Gasteiger partial charge in [-0.25, -0.2) is 14.4 Å². The second kappa shape index (κ2) is 21.2. The Labute approximate surface area is 341 Å². The third-order valence-corrected chi connectivity index (χ3v) is 9.11. The number of esters is 2. The highest BCUT2D eigenvalue weighted by Crippen LogP contribution is 2.26. The molecule has 1 aliphatic heterocycles. The number of aryl methyl sites for hydroxylation is 1. The Morgan fingerprint density at radius 3 is 1.79 bits per heavy atom. The minimum Gasteiger partial charge on any atom is -0.460 e. The minimum atomic E-state index is -1.34. The van der Waals surface area contributed by atoms with E-state index in [2.05, 4.69) is 5.32 Å². The minimum absolute atomic E-state index is 0.0468. The molecule has 3 atom stereocenters. The van der Waals surface area contributed by atoms with Gasteiger partial charge in [-0.05, 0) is 77.5 Å². The molecule has 1 fully saturated rings. The van der Waals surface area contributed by atoms with E-state index in [1.165, 1.54) is 9.80 Å². The molecule has 1 N–H and O–H groups in total. The molecule has 0 spiro atoms. The van der Waals surface area contributed by atoms with Gasteiger partial charge >= 0.3 is 24.1 Å². The van der Waals surface area contributed by atoms with Gasteiger partial charge in [-0.3, -0.25) is 19.3 Å². The zero-order chi connectivity index (χ0) is 42.3. The molecule has 3 amide bonds. The van der Waals surface area contributed by atoms with E-state index in [0.29, 0.717) is 12.0 Å². The van der Waals surface area contributed by atoms with Gasteiger partial charge in [-0.2, -0.15) is 0 Å². The van der Waals surface area contributed by atoms with Crippen LogP contribution in [0.25, 0.3) is 0 Å². The number of ether oxygens (including phenoxy) is 4. The molecule has 13 heteroatoms. The van der Waals surface area contributed by atoms with Gasteiger partial charge in [0.05, 0.1) is 6.04 Å². The maximum absolute atomic E-state index is 15.0. The summed E-state index contributed by atoms with van der Waals surface area (Å²) in [6, 6.07) is 24.2. The number of alkyl carbamates (subject to hydrolysis) is 1. The van der Waals surface area contributed by atoms with Crippen LogP contribution in [0.3, 0.4) is 0 Å². The molecule has 0 aliphatic carbocycles. The van der Waals surface area contributed by atoms with Gasteiger partial charge in [0.15, 0.2) is 0 Å². The van der Waals surface area contributed by atoms with Crippen LogP contribution in [0.15, 0.2) is 91.0 Å². The number of carbonyl (C=O) groups is 6. The van der Waals surface area contributed by atoms with Crippen LogP contribution in [0.1, 0.15) is 90.3 Å². The topological polar surface area (TPSA) is 158 Å². The first-order valence-corrected chi connectivity index (χ1v) is 19.7. The number of hydrogen-bond donors (Lipinski definition) is 1. The zero-order valence-corrected chi connectivity index (χ0v) is 34.4. The predicted octanol–water partition coefficient (Wildman–Crippen LogP) is 6.95. The summed E-state index contributed by atoms with van der Waals surface area (Å²) in [5.41, 5.74) is 0.789. The lowest BCUT2D eigenvalue weighted by molar-refractivity contribution is -0.161. The molecule has 0 saturated carbocycles. The average molecular weight is 800 g/mol. The first-order chi connectivity index (χ1) is 27.5. The Hall–Kier alpha value is -5.72. The number of nitrogens with zero attached hydrogens (tertiary/aromatic N) is 2. The number of amides is 3. The van der Waals surface area contributed by atoms with Gasteiger partial charge in [0.1, 0.15) is 42.3 Å². The van der Waals surface area contributed by atoms with E-state index >= 15 is 0 Å². The van der Waals surface area contributed by atoms with Crippen molar-refractivity contribution >= 4 is 35.8 Å². The Kier molecular flexibility index (Phi) is 16.4. The molecule has 0 unspecified atom stereocenters. The largest absolute Gasteiger partial charge is 0.460 e. The summed E-state index contributed by atoms with van der Waals surface area (Å²) in [4.78, 5) is 84.6. The van der Waals surface area contributed by atoms with Crippen LogP contribution in [-0.4, -0.2) is 88.0 Å². The molecule has 0 bridgehead atoms. The van der Waals surface area contributed by atoms with Crippen molar-refractivity contribution in [1.29, 1.82) is 0 Å². The summed E-state index contributed by atoms with van der Waals surface area (Å²) in [5, 5.41) is 2.76. The Morgan fingerprint density at radius 1 is 0.707 bits per heavy atom. The van der Waals surface area contributed by atoms with Crippen molar-refractivity contribution in [2.75, 3.05) is 13.1 Å². The quantitative estimate of drug-likeness (QED) is 0.112. The molecule has 0 aromatic heterocycles. The zero-order valence-electron chi connectivity index (χ0n) is 34.4. The SMILES string of the molecule is CC(C)(C)OC(=O)CC[C@H](C(=O)OCc1ccccc1)N(CCC(=O)CCc1ccccc1)C(=O)[C@@H]1C[C@@H](NC(=O)OC(C)(C)C)CN1C(=O)OCc1ccccc1. The fourth-order valence-electron chi connectivity index (χ4n) is 6.44. The molecule has 0 radical (unpaired) electrons. The third kappa shape index (κ3) is 15.3. The summed E-state index contributed by atoms with van der Waals surface area (Å²) in [7, 11) is 0. The molecular weight excluding hydrogens is 743 g/mol. The van der Waals surface area contributed by atoms with Crippen LogP contribution in [0.4, 0.5) is 9.59 Å². The number of hydrogen-bond acceptors (Lipinski definition) is 10. The van der Waals surface area contributed by atoms with E-state index in [4.69, 9.17) is 18.9 Å². The molecular formula is C45H57N3O10. The van der Waals surface area contributed by atoms with Crippen molar-refractivity contribution < 1.29 is 47.7 Å². The first kappa shape index (κ1) is 45.0. The number of Topliss-reactive ketones (excluding diaryl/α,β-unsaturated/α-hetero) is 1. The lowest BCUT2D eigenvalue weighted by atomic mass is 10.0. The summed E-state index contributed by atoms with van der Waals surface area (Å²) in [5.74, 6) is -2.21. The Balaban J connectivity index is 1.66. The van der Waals surface area contributed by atoms with Crippen molar-refractivity contribution in [3.05, 3.63) is 108 Å². The normalized spacial score (nSPS) is 15.8. The summed E-state index contributed by atoms with van der Waals surface area (Å²) in [6.07, 6.45) is -1.46. The van der Waals surface area contributed by atoms with E-state index in [1.54, 1.807) is 90.1 Å². The highest BCUT2D eigenvalue weighted by molar-refractivity contribution is 5.91. The van der Waals surface area contributed by atoms with E-state index in [9.17, 15) is 28.8 Å². The van der Waals surface area contributed by atoms with Crippen LogP contribution in [0.5, 0.6) is 0 Å². The van der Waals surface area contributed by atoms with E-state index in [-0.39, 0.29) is 64.2 Å². The van der Waals surface area contributed by atoms with Crippen molar-refractivity contribution in [2.24, 2.45) is 0 Å². The van der Waals surface area contributed by atoms with Crippen molar-refractivity contribution in [3.63, 3.8) is 0 Å². The van der Waals surface area contributed by atoms with Gasteiger partial charge in [-0.15, -0.1) is 0 Å². The number of rotatable bonds is 17. The van der Waals surface area contributed by atoms with Gasteiger partial charge in [0, 0.05) is 32.4 Å². The molecule has 312 valence electrons. The van der Waals surface area contributed by atoms with Crippen LogP contribution >= 0.6 is 0 Å². The Morgan fingerprint density at radius 2 is 1.24 bits per heavy atom. The first-order valence-electron chi connectivity index (χ1n) is 19.7. The lowest BCUT2D eigenvalue weighted by Crippen LogP contribution is -2.54. The molecule has 4 rings (SSSR count). The number of carbonyl (C=O) groups excluding carboxylic acids is 6. The van der Waals surface area contributed by atoms with Crippen LogP contribution in [0.2, 0.25) is 0 Å². The highest BCUT2D eigenvalue weighted by atomic mass is 16.6. The van der Waals surface area contributed by atoms with Crippen molar-refractivity contribution in [2.45, 2.75) is 123 Å². The molecule has 3 aromatic carbocycles. The van der Waals surface area contributed by atoms with Crippen LogP contribution < -0.4 is 5.32 Å². The predicted molar refractivity (Wildman–Crippen MR) is 216 cm³/mol. The number of benzene rings is 3. The maximum Gasteiger partial charge on any atom is 0.410 e. The highest BCUT2D eigenvalue weighted by Gasteiger charge is 2.45. The van der Waals surface area contributed by atoms with E-state index < -0.39 is 59.4 Å². The lowest BCUT2D eigenvalue weighted by Gasteiger charge is -2.34. The van der Waals surface area contributed by atoms with E-state index in [1.807, 2.05) is 42.5 Å². The molecule has 13 nitrogen and oxygen atoms in total. The molecule has 58 heavy (non-hydrogen) atoms. The number of nitrogens with one attached hydrogen (secondary N) is 1. The Bertz CT molecular complexity index is 1820. The fourth-order valence-corrected chi connectivity index (χ4v) is 6.44. The average Bonchev–Trinajstić information content (AvgIpc) is 3.59. The fraction of sp³-hybridized carbons (Fsp3) is 0.467. The van der Waals surface area contributed by atoms with Gasteiger partial charge in [-0.1, -0.05) is 91.0 Å². The summed E-state index contributed by atoms with van der Waals surface area (Å²) >= 11 is 0. The molecule has 1 saturated heterocycles. The number of ketones is 1. The van der Waals surface area contributed by atoms with Gasteiger partial charge < -0.3 is 29.2 Å². The maximum atomic E-state index is 15.0.